The van der Waals surface area contributed by atoms with Crippen LogP contribution in [-0.2, 0) is 10.7 Å². The Morgan fingerprint density at radius 3 is 2.35 bits per heavy atom. The largest absolute Gasteiger partial charge is 0.423 e. The van der Waals surface area contributed by atoms with E-state index < -0.39 is 41.4 Å². The van der Waals surface area contributed by atoms with Gasteiger partial charge < -0.3 is 15.1 Å². The van der Waals surface area contributed by atoms with Gasteiger partial charge in [0.15, 0.2) is 0 Å². The second-order valence-corrected chi connectivity index (χ2v) is 5.82. The van der Waals surface area contributed by atoms with Crippen molar-refractivity contribution in [3.05, 3.63) is 33.9 Å². The molecule has 1 aromatic carbocycles. The standard InChI is InChI=1S/C9H10F3N2O5P/c1-5(20(17,18)19)13-7-4-2-3-6(9(10,11)12)8(7)14(15)16/h2-5,13H,1H3,(H2,17,18,19). The van der Waals surface area contributed by atoms with E-state index in [1.165, 1.54) is 0 Å². The molecule has 0 bridgehead atoms. The van der Waals surface area contributed by atoms with Crippen molar-refractivity contribution in [1.29, 1.82) is 0 Å². The minimum absolute atomic E-state index is 0.519. The number of benzene rings is 1. The molecule has 0 aliphatic rings. The normalized spacial score (nSPS) is 13.9. The molecule has 3 N–H and O–H groups in total. The van der Waals surface area contributed by atoms with Crippen LogP contribution in [0.4, 0.5) is 24.5 Å². The highest BCUT2D eigenvalue weighted by atomic mass is 31.2. The summed E-state index contributed by atoms with van der Waals surface area (Å²) in [5.41, 5.74) is -3.38. The molecule has 1 aromatic rings. The summed E-state index contributed by atoms with van der Waals surface area (Å²) in [5, 5.41) is 12.8. The molecule has 0 saturated carbocycles. The van der Waals surface area contributed by atoms with Gasteiger partial charge >= 0.3 is 19.5 Å². The lowest BCUT2D eigenvalue weighted by molar-refractivity contribution is -0.387. The van der Waals surface area contributed by atoms with Crippen molar-refractivity contribution in [2.24, 2.45) is 0 Å². The third-order valence-corrected chi connectivity index (χ3v) is 3.53. The fourth-order valence-corrected chi connectivity index (χ4v) is 1.70. The van der Waals surface area contributed by atoms with Gasteiger partial charge in [0, 0.05) is 0 Å². The first-order valence-electron chi connectivity index (χ1n) is 5.11. The zero-order valence-electron chi connectivity index (χ0n) is 9.96. The molecule has 0 spiro atoms. The number of nitro benzene ring substituents is 1. The molecule has 0 aliphatic carbocycles. The second kappa shape index (κ2) is 5.39. The van der Waals surface area contributed by atoms with Crippen molar-refractivity contribution in [3.63, 3.8) is 0 Å². The van der Waals surface area contributed by atoms with Crippen molar-refractivity contribution in [2.45, 2.75) is 18.9 Å². The summed E-state index contributed by atoms with van der Waals surface area (Å²) in [6, 6.07) is 2.37. The molecule has 1 unspecified atom stereocenters. The fraction of sp³-hybridized carbons (Fsp3) is 0.333. The van der Waals surface area contributed by atoms with Crippen molar-refractivity contribution < 1.29 is 32.4 Å². The quantitative estimate of drug-likeness (QED) is 0.447. The molecule has 0 aromatic heterocycles. The Kier molecular flexibility index (Phi) is 4.42. The van der Waals surface area contributed by atoms with Crippen LogP contribution in [0.5, 0.6) is 0 Å². The molecule has 0 saturated heterocycles. The van der Waals surface area contributed by atoms with E-state index in [9.17, 15) is 27.9 Å². The molecule has 20 heavy (non-hydrogen) atoms. The predicted octanol–water partition coefficient (Wildman–Crippen LogP) is 2.55. The van der Waals surface area contributed by atoms with Crippen LogP contribution in [0, 0.1) is 10.1 Å². The maximum atomic E-state index is 12.7. The Bertz CT molecular complexity index is 571. The zero-order valence-corrected chi connectivity index (χ0v) is 10.9. The average Bonchev–Trinajstić information content (AvgIpc) is 2.25. The number of nitrogens with one attached hydrogen (secondary N) is 1. The summed E-state index contributed by atoms with van der Waals surface area (Å²) in [4.78, 5) is 27.3. The highest BCUT2D eigenvalue weighted by Crippen LogP contribution is 2.44. The molecular weight excluding hydrogens is 304 g/mol. The van der Waals surface area contributed by atoms with Crippen LogP contribution in [-0.4, -0.2) is 20.5 Å². The van der Waals surface area contributed by atoms with Gasteiger partial charge in [-0.2, -0.15) is 13.2 Å². The summed E-state index contributed by atoms with van der Waals surface area (Å²) in [6.07, 6.45) is -4.95. The number of rotatable bonds is 4. The van der Waals surface area contributed by atoms with Crippen LogP contribution in [0.2, 0.25) is 0 Å². The van der Waals surface area contributed by atoms with E-state index in [1.54, 1.807) is 0 Å². The molecule has 0 radical (unpaired) electrons. The summed E-state index contributed by atoms with van der Waals surface area (Å²) in [5.74, 6) is -1.57. The van der Waals surface area contributed by atoms with Crippen LogP contribution < -0.4 is 5.32 Å². The molecule has 7 nitrogen and oxygen atoms in total. The Morgan fingerprint density at radius 1 is 1.40 bits per heavy atom. The van der Waals surface area contributed by atoms with Crippen molar-refractivity contribution in [3.8, 4) is 0 Å². The first kappa shape index (κ1) is 16.4. The van der Waals surface area contributed by atoms with Gasteiger partial charge in [-0.3, -0.25) is 14.7 Å². The Labute approximate surface area is 110 Å². The van der Waals surface area contributed by atoms with E-state index in [0.717, 1.165) is 19.1 Å². The summed E-state index contributed by atoms with van der Waals surface area (Å²) in [7, 11) is -4.64. The fourth-order valence-electron chi connectivity index (χ4n) is 1.39. The molecular formula is C9H10F3N2O5P. The Hall–Kier alpha value is -1.64. The summed E-state index contributed by atoms with van der Waals surface area (Å²) in [6.45, 7) is 1.00. The third kappa shape index (κ3) is 3.69. The van der Waals surface area contributed by atoms with Crippen LogP contribution in [0.1, 0.15) is 12.5 Å². The number of alkyl halides is 3. The average molecular weight is 314 g/mol. The van der Waals surface area contributed by atoms with E-state index in [1.807, 2.05) is 5.32 Å². The number of anilines is 1. The van der Waals surface area contributed by atoms with E-state index in [-0.39, 0.29) is 0 Å². The van der Waals surface area contributed by atoms with Gasteiger partial charge in [0.1, 0.15) is 17.0 Å². The van der Waals surface area contributed by atoms with E-state index in [4.69, 9.17) is 9.79 Å². The predicted molar refractivity (Wildman–Crippen MR) is 63.2 cm³/mol. The number of hydrogen-bond acceptors (Lipinski definition) is 4. The molecule has 0 heterocycles. The number of hydrogen-bond donors (Lipinski definition) is 3. The van der Waals surface area contributed by atoms with Gasteiger partial charge in [0.25, 0.3) is 0 Å². The SMILES string of the molecule is CC(Nc1cccc(C(F)(F)F)c1[N+](=O)[O-])P(=O)(O)O. The van der Waals surface area contributed by atoms with Gasteiger partial charge in [0.05, 0.1) is 4.92 Å². The summed E-state index contributed by atoms with van der Waals surface area (Å²) < 4.78 is 49.0. The lowest BCUT2D eigenvalue weighted by atomic mass is 10.1. The van der Waals surface area contributed by atoms with E-state index in [2.05, 4.69) is 0 Å². The lowest BCUT2D eigenvalue weighted by Crippen LogP contribution is -2.18. The molecule has 0 fully saturated rings. The molecule has 0 amide bonds. The molecule has 1 atom stereocenters. The number of para-hydroxylation sites is 1. The van der Waals surface area contributed by atoms with Crippen LogP contribution in [0.3, 0.4) is 0 Å². The Balaban J connectivity index is 3.35. The maximum Gasteiger partial charge on any atom is 0.423 e. The van der Waals surface area contributed by atoms with Gasteiger partial charge in [-0.15, -0.1) is 0 Å². The van der Waals surface area contributed by atoms with Gasteiger partial charge in [-0.25, -0.2) is 0 Å². The molecule has 1 rings (SSSR count). The minimum atomic E-state index is -4.95. The zero-order chi connectivity index (χ0) is 15.7. The number of nitrogens with zero attached hydrogens (tertiary/aromatic N) is 1. The minimum Gasteiger partial charge on any atom is -0.366 e. The lowest BCUT2D eigenvalue weighted by Gasteiger charge is -2.17. The van der Waals surface area contributed by atoms with Crippen molar-refractivity contribution >= 4 is 19.0 Å². The van der Waals surface area contributed by atoms with Crippen molar-refractivity contribution in [2.75, 3.05) is 5.32 Å². The number of nitro groups is 1. The Morgan fingerprint density at radius 2 is 1.95 bits per heavy atom. The van der Waals surface area contributed by atoms with Gasteiger partial charge in [-0.1, -0.05) is 6.07 Å². The van der Waals surface area contributed by atoms with Crippen molar-refractivity contribution in [1.82, 2.24) is 0 Å². The van der Waals surface area contributed by atoms with Gasteiger partial charge in [0.2, 0.25) is 0 Å². The second-order valence-electron chi connectivity index (χ2n) is 3.87. The topological polar surface area (TPSA) is 113 Å². The molecule has 0 aliphatic heterocycles. The third-order valence-electron chi connectivity index (χ3n) is 2.39. The molecule has 11 heteroatoms. The highest BCUT2D eigenvalue weighted by molar-refractivity contribution is 7.52. The maximum absolute atomic E-state index is 12.7. The van der Waals surface area contributed by atoms with E-state index >= 15 is 0 Å². The van der Waals surface area contributed by atoms with Crippen LogP contribution in [0.15, 0.2) is 18.2 Å². The molecule has 112 valence electrons. The monoisotopic (exact) mass is 314 g/mol. The van der Waals surface area contributed by atoms with Gasteiger partial charge in [-0.05, 0) is 19.1 Å². The summed E-state index contributed by atoms with van der Waals surface area (Å²) >= 11 is 0. The first-order chi connectivity index (χ1) is 8.94. The number of halogens is 3. The van der Waals surface area contributed by atoms with Crippen LogP contribution in [0.25, 0.3) is 0 Å². The van der Waals surface area contributed by atoms with Crippen LogP contribution >= 0.6 is 7.60 Å². The first-order valence-corrected chi connectivity index (χ1v) is 6.79. The smallest absolute Gasteiger partial charge is 0.366 e. The highest BCUT2D eigenvalue weighted by Gasteiger charge is 2.40. The van der Waals surface area contributed by atoms with E-state index in [0.29, 0.717) is 6.07 Å².